The molecule has 2 N–H and O–H groups in total. The quantitative estimate of drug-likeness (QED) is 0.665. The number of carbonyl (C=O) groups excluding carboxylic acids is 3. The number of rotatable bonds is 8. The Morgan fingerprint density at radius 2 is 1.72 bits per heavy atom. The van der Waals surface area contributed by atoms with Gasteiger partial charge in [-0.25, -0.2) is 9.18 Å². The van der Waals surface area contributed by atoms with Crippen molar-refractivity contribution in [1.82, 2.24) is 10.6 Å². The number of nitrogens with one attached hydrogen (secondary N) is 2. The number of carbonyl (C=O) groups is 3. The third-order valence-corrected chi connectivity index (χ3v) is 4.51. The number of halogens is 1. The summed E-state index contributed by atoms with van der Waals surface area (Å²) in [5.74, 6) is -1.98. The molecule has 0 unspecified atom stereocenters. The predicted octanol–water partition coefficient (Wildman–Crippen LogP) is 2.08. The smallest absolute Gasteiger partial charge is 0.328 e. The van der Waals surface area contributed by atoms with E-state index in [0.717, 1.165) is 11.1 Å². The SMILES string of the molecule is COC(=O)[C@H](Cc1ccccc1C)NC(=O)[C@@H](Cc1cccc(F)c1)NC(C)=O. The molecule has 2 amide bonds. The van der Waals surface area contributed by atoms with Crippen LogP contribution >= 0.6 is 0 Å². The van der Waals surface area contributed by atoms with Gasteiger partial charge in [0.1, 0.15) is 17.9 Å². The summed E-state index contributed by atoms with van der Waals surface area (Å²) in [7, 11) is 1.25. The maximum Gasteiger partial charge on any atom is 0.328 e. The summed E-state index contributed by atoms with van der Waals surface area (Å²) in [6.07, 6.45) is 0.333. The summed E-state index contributed by atoms with van der Waals surface area (Å²) in [4.78, 5) is 36.7. The van der Waals surface area contributed by atoms with E-state index in [2.05, 4.69) is 10.6 Å². The van der Waals surface area contributed by atoms with Crippen LogP contribution in [0, 0.1) is 12.7 Å². The Kier molecular flexibility index (Phi) is 7.88. The second-order valence-electron chi connectivity index (χ2n) is 6.80. The van der Waals surface area contributed by atoms with E-state index in [1.807, 2.05) is 31.2 Å². The molecule has 0 aliphatic rings. The Labute approximate surface area is 169 Å². The zero-order valence-corrected chi connectivity index (χ0v) is 16.7. The van der Waals surface area contributed by atoms with Gasteiger partial charge in [-0.05, 0) is 35.7 Å². The topological polar surface area (TPSA) is 84.5 Å². The Bertz CT molecular complexity index is 885. The van der Waals surface area contributed by atoms with Crippen LogP contribution in [0.25, 0.3) is 0 Å². The van der Waals surface area contributed by atoms with Gasteiger partial charge >= 0.3 is 5.97 Å². The van der Waals surface area contributed by atoms with Gasteiger partial charge in [-0.15, -0.1) is 0 Å². The normalized spacial score (nSPS) is 12.6. The number of esters is 1. The van der Waals surface area contributed by atoms with E-state index in [0.29, 0.717) is 5.56 Å². The lowest BCUT2D eigenvalue weighted by Crippen LogP contribution is -2.53. The predicted molar refractivity (Wildman–Crippen MR) is 107 cm³/mol. The van der Waals surface area contributed by atoms with Crippen molar-refractivity contribution in [2.24, 2.45) is 0 Å². The van der Waals surface area contributed by atoms with Crippen LogP contribution in [0.15, 0.2) is 48.5 Å². The minimum atomic E-state index is -0.960. The average Bonchev–Trinajstić information content (AvgIpc) is 2.67. The fourth-order valence-electron chi connectivity index (χ4n) is 3.02. The third kappa shape index (κ3) is 6.71. The largest absolute Gasteiger partial charge is 0.467 e. The van der Waals surface area contributed by atoms with Crippen LogP contribution in [-0.4, -0.2) is 37.0 Å². The zero-order chi connectivity index (χ0) is 21.4. The molecule has 0 bridgehead atoms. The van der Waals surface area contributed by atoms with Gasteiger partial charge in [0.25, 0.3) is 0 Å². The third-order valence-electron chi connectivity index (χ3n) is 4.51. The number of amides is 2. The van der Waals surface area contributed by atoms with Crippen LogP contribution in [0.2, 0.25) is 0 Å². The lowest BCUT2D eigenvalue weighted by atomic mass is 10.00. The second-order valence-corrected chi connectivity index (χ2v) is 6.80. The van der Waals surface area contributed by atoms with E-state index in [1.165, 1.54) is 32.2 Å². The highest BCUT2D eigenvalue weighted by Crippen LogP contribution is 2.12. The van der Waals surface area contributed by atoms with Crippen molar-refractivity contribution >= 4 is 17.8 Å². The summed E-state index contributed by atoms with van der Waals surface area (Å²) in [6.45, 7) is 3.20. The van der Waals surface area contributed by atoms with Crippen LogP contribution in [-0.2, 0) is 32.0 Å². The van der Waals surface area contributed by atoms with Crippen LogP contribution in [0.4, 0.5) is 4.39 Å². The van der Waals surface area contributed by atoms with Gasteiger partial charge in [0.15, 0.2) is 0 Å². The number of ether oxygens (including phenoxy) is 1. The molecule has 0 aliphatic carbocycles. The summed E-state index contributed by atoms with van der Waals surface area (Å²) in [5.41, 5.74) is 2.42. The van der Waals surface area contributed by atoms with Crippen LogP contribution in [0.5, 0.6) is 0 Å². The van der Waals surface area contributed by atoms with Gasteiger partial charge in [-0.1, -0.05) is 36.4 Å². The van der Waals surface area contributed by atoms with Crippen molar-refractivity contribution in [3.63, 3.8) is 0 Å². The summed E-state index contributed by atoms with van der Waals surface area (Å²) < 4.78 is 18.3. The molecule has 2 aromatic rings. The maximum absolute atomic E-state index is 13.5. The standard InChI is InChI=1S/C22H25FN2O4/c1-14-7-4-5-9-17(14)13-20(22(28)29-3)25-21(27)19(24-15(2)26)12-16-8-6-10-18(23)11-16/h4-11,19-20H,12-13H2,1-3H3,(H,24,26)(H,25,27)/t19-,20+/m1/s1. The van der Waals surface area contributed by atoms with Crippen molar-refractivity contribution in [2.45, 2.75) is 38.8 Å². The molecular formula is C22H25FN2O4. The van der Waals surface area contributed by atoms with Gasteiger partial charge in [0.05, 0.1) is 7.11 Å². The van der Waals surface area contributed by atoms with E-state index in [4.69, 9.17) is 4.74 Å². The number of aryl methyl sites for hydroxylation is 1. The van der Waals surface area contributed by atoms with Crippen molar-refractivity contribution in [3.8, 4) is 0 Å². The van der Waals surface area contributed by atoms with Gasteiger partial charge in [0.2, 0.25) is 11.8 Å². The number of hydrogen-bond donors (Lipinski definition) is 2. The Morgan fingerprint density at radius 1 is 1.00 bits per heavy atom. The summed E-state index contributed by atoms with van der Waals surface area (Å²) >= 11 is 0. The van der Waals surface area contributed by atoms with Crippen LogP contribution < -0.4 is 10.6 Å². The molecule has 2 rings (SSSR count). The van der Waals surface area contributed by atoms with Gasteiger partial charge in [0, 0.05) is 19.8 Å². The highest BCUT2D eigenvalue weighted by Gasteiger charge is 2.27. The molecule has 0 aliphatic heterocycles. The fourth-order valence-corrected chi connectivity index (χ4v) is 3.02. The molecular weight excluding hydrogens is 375 g/mol. The minimum Gasteiger partial charge on any atom is -0.467 e. The number of benzene rings is 2. The highest BCUT2D eigenvalue weighted by atomic mass is 19.1. The van der Waals surface area contributed by atoms with E-state index in [-0.39, 0.29) is 12.8 Å². The summed E-state index contributed by atoms with van der Waals surface area (Å²) in [5, 5.41) is 5.22. The molecule has 0 radical (unpaired) electrons. The number of hydrogen-bond acceptors (Lipinski definition) is 4. The first-order valence-electron chi connectivity index (χ1n) is 9.24. The first kappa shape index (κ1) is 22.1. The van der Waals surface area contributed by atoms with Gasteiger partial charge in [-0.3, -0.25) is 9.59 Å². The monoisotopic (exact) mass is 400 g/mol. The lowest BCUT2D eigenvalue weighted by molar-refractivity contribution is -0.145. The van der Waals surface area contributed by atoms with E-state index in [1.54, 1.807) is 6.07 Å². The second kappa shape index (κ2) is 10.4. The Hall–Kier alpha value is -3.22. The minimum absolute atomic E-state index is 0.0848. The first-order valence-corrected chi connectivity index (χ1v) is 9.24. The molecule has 2 aromatic carbocycles. The molecule has 29 heavy (non-hydrogen) atoms. The van der Waals surface area contributed by atoms with E-state index in [9.17, 15) is 18.8 Å². The molecule has 7 heteroatoms. The molecule has 154 valence electrons. The molecule has 0 saturated carbocycles. The molecule has 0 fully saturated rings. The van der Waals surface area contributed by atoms with E-state index >= 15 is 0 Å². The Morgan fingerprint density at radius 3 is 2.34 bits per heavy atom. The molecule has 6 nitrogen and oxygen atoms in total. The van der Waals surface area contributed by atoms with Crippen molar-refractivity contribution < 1.29 is 23.5 Å². The van der Waals surface area contributed by atoms with Crippen molar-refractivity contribution in [2.75, 3.05) is 7.11 Å². The molecule has 0 spiro atoms. The first-order chi connectivity index (χ1) is 13.8. The fraction of sp³-hybridized carbons (Fsp3) is 0.318. The van der Waals surface area contributed by atoms with E-state index < -0.39 is 35.7 Å². The van der Waals surface area contributed by atoms with Gasteiger partial charge in [-0.2, -0.15) is 0 Å². The summed E-state index contributed by atoms with van der Waals surface area (Å²) in [6, 6.07) is 11.4. The number of methoxy groups -OCH3 is 1. The maximum atomic E-state index is 13.5. The Balaban J connectivity index is 2.19. The molecule has 0 saturated heterocycles. The van der Waals surface area contributed by atoms with Crippen molar-refractivity contribution in [1.29, 1.82) is 0 Å². The van der Waals surface area contributed by atoms with Crippen molar-refractivity contribution in [3.05, 3.63) is 71.0 Å². The zero-order valence-electron chi connectivity index (χ0n) is 16.7. The van der Waals surface area contributed by atoms with Crippen LogP contribution in [0.3, 0.4) is 0 Å². The van der Waals surface area contributed by atoms with Crippen LogP contribution in [0.1, 0.15) is 23.6 Å². The molecule has 0 heterocycles. The van der Waals surface area contributed by atoms with Gasteiger partial charge < -0.3 is 15.4 Å². The average molecular weight is 400 g/mol. The highest BCUT2D eigenvalue weighted by molar-refractivity contribution is 5.90. The lowest BCUT2D eigenvalue weighted by Gasteiger charge is -2.22. The molecule has 0 aromatic heterocycles. The molecule has 2 atom stereocenters.